The molecular formula is C12H26N2O. The summed E-state index contributed by atoms with van der Waals surface area (Å²) < 4.78 is 5.05. The summed E-state index contributed by atoms with van der Waals surface area (Å²) in [4.78, 5) is 2.32. The van der Waals surface area contributed by atoms with Crippen molar-refractivity contribution in [3.05, 3.63) is 0 Å². The Morgan fingerprint density at radius 1 is 1.20 bits per heavy atom. The highest BCUT2D eigenvalue weighted by atomic mass is 16.5. The minimum atomic E-state index is 0.787. The van der Waals surface area contributed by atoms with Crippen LogP contribution in [0.15, 0.2) is 0 Å². The molecular weight excluding hydrogens is 188 g/mol. The topological polar surface area (TPSA) is 24.5 Å². The predicted octanol–water partition coefficient (Wildman–Crippen LogP) is 1.49. The summed E-state index contributed by atoms with van der Waals surface area (Å²) in [6.07, 6.45) is 7.02. The van der Waals surface area contributed by atoms with Crippen molar-refractivity contribution >= 4 is 0 Å². The Balaban J connectivity index is 1.94. The van der Waals surface area contributed by atoms with Crippen LogP contribution in [0.2, 0.25) is 0 Å². The molecule has 0 amide bonds. The maximum Gasteiger partial charge on any atom is 0.0589 e. The van der Waals surface area contributed by atoms with Gasteiger partial charge in [0.2, 0.25) is 0 Å². The molecule has 3 heteroatoms. The first-order valence-electron chi connectivity index (χ1n) is 6.24. The van der Waals surface area contributed by atoms with Gasteiger partial charge in [-0.2, -0.15) is 0 Å². The van der Waals surface area contributed by atoms with Crippen LogP contribution in [-0.4, -0.2) is 51.3 Å². The van der Waals surface area contributed by atoms with E-state index >= 15 is 0 Å². The van der Waals surface area contributed by atoms with Gasteiger partial charge in [-0.25, -0.2) is 0 Å². The van der Waals surface area contributed by atoms with E-state index in [0.717, 1.165) is 32.3 Å². The van der Waals surface area contributed by atoms with Crippen LogP contribution in [0.5, 0.6) is 0 Å². The lowest BCUT2D eigenvalue weighted by atomic mass is 9.95. The molecule has 15 heavy (non-hydrogen) atoms. The molecule has 0 aromatic rings. The number of hydrogen-bond donors (Lipinski definition) is 1. The Hall–Kier alpha value is -0.120. The summed E-state index contributed by atoms with van der Waals surface area (Å²) in [5.74, 6) is 0. The lowest BCUT2D eigenvalue weighted by Crippen LogP contribution is -2.37. The number of hydrogen-bond acceptors (Lipinski definition) is 3. The Bertz CT molecular complexity index is 147. The molecule has 1 rings (SSSR count). The van der Waals surface area contributed by atoms with E-state index in [1.165, 1.54) is 32.1 Å². The Kier molecular flexibility index (Phi) is 6.98. The summed E-state index contributed by atoms with van der Waals surface area (Å²) in [7, 11) is 3.91. The van der Waals surface area contributed by atoms with Gasteiger partial charge in [0.25, 0.3) is 0 Å². The minimum Gasteiger partial charge on any atom is -0.383 e. The number of nitrogens with one attached hydrogen (secondary N) is 1. The molecule has 0 aromatic carbocycles. The fraction of sp³-hybridized carbons (Fsp3) is 1.00. The molecule has 0 aliphatic heterocycles. The third kappa shape index (κ3) is 6.13. The van der Waals surface area contributed by atoms with Crippen molar-refractivity contribution in [1.29, 1.82) is 0 Å². The van der Waals surface area contributed by atoms with E-state index < -0.39 is 0 Å². The molecule has 0 radical (unpaired) electrons. The maximum absolute atomic E-state index is 5.05. The van der Waals surface area contributed by atoms with E-state index in [4.69, 9.17) is 4.74 Å². The number of rotatable bonds is 7. The summed E-state index contributed by atoms with van der Waals surface area (Å²) >= 11 is 0. The van der Waals surface area contributed by atoms with Crippen LogP contribution in [-0.2, 0) is 4.74 Å². The zero-order chi connectivity index (χ0) is 10.9. The molecule has 1 N–H and O–H groups in total. The molecule has 90 valence electrons. The van der Waals surface area contributed by atoms with Crippen molar-refractivity contribution in [3.8, 4) is 0 Å². The molecule has 0 unspecified atom stereocenters. The smallest absolute Gasteiger partial charge is 0.0589 e. The number of nitrogens with zero attached hydrogens (tertiary/aromatic N) is 1. The highest BCUT2D eigenvalue weighted by Gasteiger charge is 2.11. The summed E-state index contributed by atoms with van der Waals surface area (Å²) in [5, 5.41) is 3.65. The van der Waals surface area contributed by atoms with E-state index in [0.29, 0.717) is 0 Å². The second kappa shape index (κ2) is 8.08. The molecule has 0 atom stereocenters. The third-order valence-electron chi connectivity index (χ3n) is 3.21. The first kappa shape index (κ1) is 12.9. The van der Waals surface area contributed by atoms with Gasteiger partial charge in [-0.15, -0.1) is 0 Å². The highest BCUT2D eigenvalue weighted by molar-refractivity contribution is 4.72. The van der Waals surface area contributed by atoms with Crippen molar-refractivity contribution in [3.63, 3.8) is 0 Å². The van der Waals surface area contributed by atoms with Crippen molar-refractivity contribution < 1.29 is 4.74 Å². The van der Waals surface area contributed by atoms with Gasteiger partial charge in [0.05, 0.1) is 6.61 Å². The fourth-order valence-electron chi connectivity index (χ4n) is 2.13. The number of methoxy groups -OCH3 is 1. The lowest BCUT2D eigenvalue weighted by Gasteiger charge is -2.24. The van der Waals surface area contributed by atoms with Crippen molar-refractivity contribution in [2.45, 2.75) is 38.1 Å². The zero-order valence-corrected chi connectivity index (χ0v) is 10.3. The third-order valence-corrected chi connectivity index (χ3v) is 3.21. The fourth-order valence-corrected chi connectivity index (χ4v) is 2.13. The average Bonchev–Trinajstić information content (AvgIpc) is 2.28. The van der Waals surface area contributed by atoms with Crippen LogP contribution in [0.3, 0.4) is 0 Å². The summed E-state index contributed by atoms with van der Waals surface area (Å²) in [6.45, 7) is 4.10. The molecule has 0 aromatic heterocycles. The van der Waals surface area contributed by atoms with E-state index in [2.05, 4.69) is 17.3 Å². The molecule has 3 nitrogen and oxygen atoms in total. The van der Waals surface area contributed by atoms with Crippen LogP contribution >= 0.6 is 0 Å². The largest absolute Gasteiger partial charge is 0.383 e. The predicted molar refractivity (Wildman–Crippen MR) is 64.2 cm³/mol. The van der Waals surface area contributed by atoms with E-state index in [-0.39, 0.29) is 0 Å². The van der Waals surface area contributed by atoms with E-state index in [1.807, 2.05) is 0 Å². The molecule has 0 saturated heterocycles. The first-order valence-corrected chi connectivity index (χ1v) is 6.24. The van der Waals surface area contributed by atoms with Crippen LogP contribution in [0.4, 0.5) is 0 Å². The quantitative estimate of drug-likeness (QED) is 0.695. The number of likely N-dealkylation sites (N-methyl/N-ethyl adjacent to an activating group) is 1. The second-order valence-electron chi connectivity index (χ2n) is 4.59. The van der Waals surface area contributed by atoms with Crippen molar-refractivity contribution in [1.82, 2.24) is 10.2 Å². The Morgan fingerprint density at radius 3 is 2.60 bits per heavy atom. The van der Waals surface area contributed by atoms with Gasteiger partial charge in [-0.3, -0.25) is 0 Å². The van der Waals surface area contributed by atoms with Crippen LogP contribution in [0, 0.1) is 0 Å². The molecule has 0 bridgehead atoms. The van der Waals surface area contributed by atoms with Gasteiger partial charge in [0.1, 0.15) is 0 Å². The van der Waals surface area contributed by atoms with Gasteiger partial charge in [-0.05, 0) is 19.9 Å². The Morgan fingerprint density at radius 2 is 1.93 bits per heavy atom. The minimum absolute atomic E-state index is 0.787. The zero-order valence-electron chi connectivity index (χ0n) is 10.3. The monoisotopic (exact) mass is 214 g/mol. The van der Waals surface area contributed by atoms with Gasteiger partial charge >= 0.3 is 0 Å². The average molecular weight is 214 g/mol. The Labute approximate surface area is 94.2 Å². The van der Waals surface area contributed by atoms with Crippen molar-refractivity contribution in [2.24, 2.45) is 0 Å². The second-order valence-corrected chi connectivity index (χ2v) is 4.59. The van der Waals surface area contributed by atoms with Gasteiger partial charge in [-0.1, -0.05) is 19.3 Å². The summed E-state index contributed by atoms with van der Waals surface area (Å²) in [6, 6.07) is 0.787. The van der Waals surface area contributed by atoms with Crippen LogP contribution in [0.25, 0.3) is 0 Å². The lowest BCUT2D eigenvalue weighted by molar-refractivity contribution is 0.160. The molecule has 1 fully saturated rings. The molecule has 1 aliphatic rings. The highest BCUT2D eigenvalue weighted by Crippen LogP contribution is 2.16. The molecule has 1 aliphatic carbocycles. The molecule has 0 heterocycles. The molecule has 0 spiro atoms. The number of ether oxygens (including phenoxy) is 1. The van der Waals surface area contributed by atoms with E-state index in [9.17, 15) is 0 Å². The van der Waals surface area contributed by atoms with Crippen LogP contribution < -0.4 is 5.32 Å². The van der Waals surface area contributed by atoms with Crippen LogP contribution in [0.1, 0.15) is 32.1 Å². The first-order chi connectivity index (χ1) is 7.33. The van der Waals surface area contributed by atoms with Crippen molar-refractivity contribution in [2.75, 3.05) is 40.4 Å². The van der Waals surface area contributed by atoms with Gasteiger partial charge < -0.3 is 15.0 Å². The summed E-state index contributed by atoms with van der Waals surface area (Å²) in [5.41, 5.74) is 0. The normalized spacial score (nSPS) is 18.6. The standard InChI is InChI=1S/C12H26N2O/c1-14(10-11-15-2)9-8-13-12-6-4-3-5-7-12/h12-13H,3-11H2,1-2H3. The van der Waals surface area contributed by atoms with E-state index in [1.54, 1.807) is 7.11 Å². The van der Waals surface area contributed by atoms with Gasteiger partial charge in [0.15, 0.2) is 0 Å². The maximum atomic E-state index is 5.05. The SMILES string of the molecule is COCCN(C)CCNC1CCCCC1. The molecule has 1 saturated carbocycles. The van der Waals surface area contributed by atoms with Gasteiger partial charge in [0, 0.05) is 32.8 Å².